The van der Waals surface area contributed by atoms with Crippen LogP contribution in [0.2, 0.25) is 0 Å². The third-order valence-corrected chi connectivity index (χ3v) is 9.78. The van der Waals surface area contributed by atoms with Gasteiger partial charge in [-0.1, -0.05) is 0 Å². The fraction of sp³-hybridized carbons (Fsp3) is 0. The predicted octanol–water partition coefficient (Wildman–Crippen LogP) is 0.189. The van der Waals surface area contributed by atoms with Crippen LogP contribution in [-0.2, 0) is 82.7 Å². The Kier molecular flexibility index (Phi) is 11.9. The maximum atomic E-state index is 8.58. The fourth-order valence-corrected chi connectivity index (χ4v) is 2.19. The summed E-state index contributed by atoms with van der Waals surface area (Å²) in [6.45, 7) is 0. The molecule has 0 rings (SSSR count). The molecule has 0 saturated heterocycles. The molecule has 0 aliphatic rings. The van der Waals surface area contributed by atoms with E-state index in [1.807, 2.05) is 0 Å². The summed E-state index contributed by atoms with van der Waals surface area (Å²) in [5.41, 5.74) is 0. The third kappa shape index (κ3) is 4.04. The minimum absolute atomic E-state index is 0. The second kappa shape index (κ2) is 9.40. The summed E-state index contributed by atoms with van der Waals surface area (Å²) >= 11 is 0. The van der Waals surface area contributed by atoms with E-state index in [2.05, 4.69) is 0 Å². The van der Waals surface area contributed by atoms with Gasteiger partial charge in [-0.3, -0.25) is 0 Å². The van der Waals surface area contributed by atoms with Crippen molar-refractivity contribution in [3.63, 3.8) is 0 Å². The summed E-state index contributed by atoms with van der Waals surface area (Å²) in [4.78, 5) is 12.4. The standard InChI is InChI=1S/12CN.2Fe.3Pd/c12*1-2;;;;;/q;;;;;;;;;;;;2*-3;3*+2. The number of nitriles is 12. The van der Waals surface area contributed by atoms with Crippen LogP contribution in [0.15, 0.2) is 0 Å². The molecule has 0 amide bonds. The summed E-state index contributed by atoms with van der Waals surface area (Å²) in [6.07, 6.45) is 0. The number of hydrogen-bond acceptors (Lipinski definition) is 12. The molecule has 0 radical (unpaired) electrons. The van der Waals surface area contributed by atoms with Gasteiger partial charge in [0.15, 0.2) is 0 Å². The molecule has 154 valence electrons. The molecule has 0 aliphatic heterocycles. The van der Waals surface area contributed by atoms with E-state index in [1.165, 1.54) is 0 Å². The van der Waals surface area contributed by atoms with Crippen LogP contribution < -0.4 is 0 Å². The van der Waals surface area contributed by atoms with Crippen molar-refractivity contribution < 1.29 is 82.7 Å². The maximum Gasteiger partial charge on any atom is 2.00 e. The average Bonchev–Trinajstić information content (AvgIpc) is 2.77. The molecule has 0 atom stereocenters. The first kappa shape index (κ1) is 36.8. The summed E-state index contributed by atoms with van der Waals surface area (Å²) < 4.78 is 0. The quantitative estimate of drug-likeness (QED) is 0.301. The second-order valence-electron chi connectivity index (χ2n) is 3.60. The molecule has 12 nitrogen and oxygen atoms in total. The Morgan fingerprint density at radius 3 is 0.310 bits per heavy atom. The molecule has 17 heteroatoms. The number of hydrogen-bond donors (Lipinski definition) is 0. The zero-order valence-corrected chi connectivity index (χ0v) is 19.9. The molecule has 29 heavy (non-hydrogen) atoms. The normalized spacial score (nSPS) is 12.0. The summed E-state index contributed by atoms with van der Waals surface area (Å²) in [7, 11) is -12.3. The first-order chi connectivity index (χ1) is 11.9. The molecule has 0 aromatic carbocycles. The Bertz CT molecular complexity index is 890. The molecular weight excluding hydrogens is 743 g/mol. The molecule has 0 unspecified atom stereocenters. The van der Waals surface area contributed by atoms with Gasteiger partial charge in [0, 0.05) is 0 Å². The van der Waals surface area contributed by atoms with E-state index in [4.69, 9.17) is 63.1 Å². The van der Waals surface area contributed by atoms with Crippen molar-refractivity contribution in [3.05, 3.63) is 0 Å². The van der Waals surface area contributed by atoms with Crippen molar-refractivity contribution in [1.29, 1.82) is 63.1 Å². The van der Waals surface area contributed by atoms with E-state index in [0.717, 1.165) is 59.6 Å². The van der Waals surface area contributed by atoms with E-state index < -0.39 is 21.5 Å². The first-order valence-corrected chi connectivity index (χ1v) is 11.4. The van der Waals surface area contributed by atoms with E-state index >= 15 is 0 Å². The monoisotopic (exact) mass is 742 g/mol. The van der Waals surface area contributed by atoms with Crippen LogP contribution in [0.3, 0.4) is 0 Å². The Hall–Kier alpha value is -3.09. The average molecular weight is 743 g/mol. The van der Waals surface area contributed by atoms with E-state index in [0.29, 0.717) is 0 Å². The number of rotatable bonds is 0. The Morgan fingerprint density at radius 2 is 0.310 bits per heavy atom. The van der Waals surface area contributed by atoms with Crippen LogP contribution >= 0.6 is 0 Å². The minimum Gasteiger partial charge on any atom is 2.00 e. The van der Waals surface area contributed by atoms with Gasteiger partial charge in [-0.15, -0.1) is 0 Å². The molecule has 0 aromatic heterocycles. The first-order valence-electron chi connectivity index (χ1n) is 4.80. The molecule has 0 aliphatic carbocycles. The number of nitrogens with zero attached hydrogens (tertiary/aromatic N) is 12. The van der Waals surface area contributed by atoms with Crippen molar-refractivity contribution >= 4 is 0 Å². The van der Waals surface area contributed by atoms with Crippen LogP contribution in [0.25, 0.3) is 0 Å². The fourth-order valence-electron chi connectivity index (χ4n) is 0.530. The second-order valence-corrected chi connectivity index (χ2v) is 14.8. The Morgan fingerprint density at radius 1 is 0.241 bits per heavy atom. The Balaban J connectivity index is -0.000000120. The van der Waals surface area contributed by atoms with Crippen molar-refractivity contribution in [1.82, 2.24) is 0 Å². The van der Waals surface area contributed by atoms with Gasteiger partial charge in [0.1, 0.15) is 0 Å². The van der Waals surface area contributed by atoms with Crippen molar-refractivity contribution in [2.24, 2.45) is 0 Å². The van der Waals surface area contributed by atoms with Crippen molar-refractivity contribution in [3.8, 4) is 59.6 Å². The van der Waals surface area contributed by atoms with Crippen LogP contribution in [0.4, 0.5) is 0 Å². The van der Waals surface area contributed by atoms with Gasteiger partial charge in [-0.2, -0.15) is 0 Å². The van der Waals surface area contributed by atoms with Crippen LogP contribution in [-0.4, -0.2) is 0 Å². The predicted molar refractivity (Wildman–Crippen MR) is 67.4 cm³/mol. The van der Waals surface area contributed by atoms with E-state index in [1.54, 1.807) is 0 Å². The SMILES string of the molecule is N#[C][Fe-3]([C]#N)([C]#N)([C]#N)([C]#N)[C]#N.N#[C][Fe-3]([C]#N)([C]#N)([C]#N)([C]#N)[C]#N.[Pd+2].[Pd+2].[Pd+2]. The minimum atomic E-state index is -6.17. The molecule has 0 bridgehead atoms. The van der Waals surface area contributed by atoms with Gasteiger partial charge in [0.25, 0.3) is 0 Å². The van der Waals surface area contributed by atoms with Gasteiger partial charge in [-0.05, 0) is 0 Å². The smallest absolute Gasteiger partial charge is 2.00 e. The zero-order chi connectivity index (χ0) is 21.3. The van der Waals surface area contributed by atoms with E-state index in [9.17, 15) is 0 Å². The van der Waals surface area contributed by atoms with Crippen LogP contribution in [0.1, 0.15) is 0 Å². The largest absolute Gasteiger partial charge is 2.00 e. The zero-order valence-electron chi connectivity index (χ0n) is 13.0. The van der Waals surface area contributed by atoms with Gasteiger partial charge in [0.05, 0.1) is 0 Å². The topological polar surface area (TPSA) is 285 Å². The van der Waals surface area contributed by atoms with Gasteiger partial charge < -0.3 is 0 Å². The van der Waals surface area contributed by atoms with Crippen molar-refractivity contribution in [2.75, 3.05) is 0 Å². The molecule has 0 spiro atoms. The molecule has 0 fully saturated rings. The summed E-state index contributed by atoms with van der Waals surface area (Å²) in [5.74, 6) is 0. The molecule has 0 aromatic rings. The van der Waals surface area contributed by atoms with Crippen molar-refractivity contribution in [2.45, 2.75) is 0 Å². The summed E-state index contributed by atoms with van der Waals surface area (Å²) in [5, 5.41) is 103. The van der Waals surface area contributed by atoms with Gasteiger partial charge >= 0.3 is 205 Å². The third-order valence-electron chi connectivity index (χ3n) is 2.37. The van der Waals surface area contributed by atoms with Gasteiger partial charge in [-0.25, -0.2) is 0 Å². The molecule has 0 heterocycles. The summed E-state index contributed by atoms with van der Waals surface area (Å²) in [6, 6.07) is 0. The molecule has 0 saturated carbocycles. The maximum absolute atomic E-state index is 8.58. The van der Waals surface area contributed by atoms with E-state index in [-0.39, 0.29) is 61.3 Å². The molecule has 0 N–H and O–H groups in total. The Labute approximate surface area is 203 Å². The van der Waals surface area contributed by atoms with Gasteiger partial charge in [0.2, 0.25) is 0 Å². The molecular formula is C12Fe2N12Pd3. The van der Waals surface area contributed by atoms with Crippen LogP contribution in [0, 0.1) is 123 Å². The van der Waals surface area contributed by atoms with Crippen LogP contribution in [0.5, 0.6) is 0 Å².